The van der Waals surface area contributed by atoms with Crippen molar-refractivity contribution in [1.29, 1.82) is 0 Å². The molecule has 0 saturated carbocycles. The summed E-state index contributed by atoms with van der Waals surface area (Å²) in [5.41, 5.74) is 4.03. The molecule has 0 nitrogen and oxygen atoms in total. The van der Waals surface area contributed by atoms with Gasteiger partial charge in [0.05, 0.1) is 0 Å². The summed E-state index contributed by atoms with van der Waals surface area (Å²) in [7, 11) is 0. The van der Waals surface area contributed by atoms with Crippen molar-refractivity contribution in [2.45, 2.75) is 337 Å². The van der Waals surface area contributed by atoms with Crippen LogP contribution < -0.4 is 0 Å². The normalized spacial score (nSPS) is 14.9. The fourth-order valence-electron chi connectivity index (χ4n) is 7.88. The van der Waals surface area contributed by atoms with Gasteiger partial charge in [0.25, 0.3) is 0 Å². The van der Waals surface area contributed by atoms with Crippen LogP contribution in [0.1, 0.15) is 337 Å². The van der Waals surface area contributed by atoms with Gasteiger partial charge >= 0.3 is 0 Å². The second-order valence-corrected chi connectivity index (χ2v) is 32.3. The summed E-state index contributed by atoms with van der Waals surface area (Å²) < 4.78 is 0. The molecule has 0 amide bonds. The third-order valence-corrected chi connectivity index (χ3v) is 13.5. The van der Waals surface area contributed by atoms with Crippen molar-refractivity contribution >= 4 is 0 Å². The van der Waals surface area contributed by atoms with Crippen LogP contribution in [-0.2, 0) is 0 Å². The minimum absolute atomic E-state index is 0.338. The molecule has 0 bridgehead atoms. The molecule has 0 fully saturated rings. The van der Waals surface area contributed by atoms with Crippen LogP contribution >= 0.6 is 0 Å². The van der Waals surface area contributed by atoms with Crippen molar-refractivity contribution < 1.29 is 0 Å². The van der Waals surface area contributed by atoms with Crippen LogP contribution in [0, 0.1) is 72.4 Å². The van der Waals surface area contributed by atoms with Crippen LogP contribution in [0.5, 0.6) is 0 Å². The summed E-state index contributed by atoms with van der Waals surface area (Å²) in [6, 6.07) is 0. The summed E-state index contributed by atoms with van der Waals surface area (Å²) in [4.78, 5) is 0. The SMILES string of the molecule is CC(C)(C)CCCCC(C)(C)C(C)(C)C.CC(CC/C=C/C(C)(C)C)C(C)(C)C.CC(CC/C=C/C(C)(C)C)CC(C)(C)C.CC(CCCCC(C)(C)C)CC(C)(C)C.CCCCCC(C)C. The van der Waals surface area contributed by atoms with Gasteiger partial charge in [-0.05, 0) is 130 Å². The second-order valence-electron chi connectivity index (χ2n) is 32.3. The van der Waals surface area contributed by atoms with E-state index in [4.69, 9.17) is 0 Å². The molecule has 0 radical (unpaired) electrons. The quantitative estimate of drug-likeness (QED) is 0.0843. The van der Waals surface area contributed by atoms with Gasteiger partial charge in [0.15, 0.2) is 0 Å². The third-order valence-electron chi connectivity index (χ3n) is 13.5. The Bertz CT molecular complexity index is 1140. The second kappa shape index (κ2) is 35.6. The highest BCUT2D eigenvalue weighted by molar-refractivity contribution is 4.93. The lowest BCUT2D eigenvalue weighted by atomic mass is 9.66. The average molecular weight is 946 g/mol. The molecule has 0 spiro atoms. The molecular weight excluding hydrogens is 805 g/mol. The first-order valence-electron chi connectivity index (χ1n) is 28.9. The van der Waals surface area contributed by atoms with Crippen molar-refractivity contribution in [3.8, 4) is 0 Å². The van der Waals surface area contributed by atoms with E-state index in [0.29, 0.717) is 48.7 Å². The number of hydrogen-bond acceptors (Lipinski definition) is 0. The predicted octanol–water partition coefficient (Wildman–Crippen LogP) is 25.0. The average Bonchev–Trinajstić information content (AvgIpc) is 3.06. The Kier molecular flexibility index (Phi) is 40.0. The largest absolute Gasteiger partial charge is 0.0880 e. The van der Waals surface area contributed by atoms with Gasteiger partial charge in [0.2, 0.25) is 0 Å². The molecular formula is C67H140. The van der Waals surface area contributed by atoms with E-state index in [0.717, 1.165) is 23.7 Å². The molecule has 0 heteroatoms. The molecule has 3 unspecified atom stereocenters. The molecule has 0 aromatic heterocycles. The maximum atomic E-state index is 2.41. The van der Waals surface area contributed by atoms with Gasteiger partial charge in [-0.25, -0.2) is 0 Å². The van der Waals surface area contributed by atoms with E-state index in [1.54, 1.807) is 0 Å². The Morgan fingerprint density at radius 2 is 0.701 bits per heavy atom. The van der Waals surface area contributed by atoms with E-state index in [1.807, 2.05) is 0 Å². The lowest BCUT2D eigenvalue weighted by Gasteiger charge is -2.39. The topological polar surface area (TPSA) is 0 Å². The van der Waals surface area contributed by atoms with Gasteiger partial charge in [-0.3, -0.25) is 0 Å². The number of rotatable bonds is 20. The molecule has 0 heterocycles. The minimum atomic E-state index is 0.338. The van der Waals surface area contributed by atoms with E-state index >= 15 is 0 Å². The van der Waals surface area contributed by atoms with Gasteiger partial charge in [-0.2, -0.15) is 0 Å². The third kappa shape index (κ3) is 67.6. The first-order valence-corrected chi connectivity index (χ1v) is 28.9. The Labute approximate surface area is 431 Å². The van der Waals surface area contributed by atoms with E-state index in [9.17, 15) is 0 Å². The zero-order valence-corrected chi connectivity index (χ0v) is 53.8. The Hall–Kier alpha value is -0.520. The first-order chi connectivity index (χ1) is 29.6. The summed E-state index contributed by atoms with van der Waals surface area (Å²) in [6.07, 6.45) is 33.8. The van der Waals surface area contributed by atoms with Crippen molar-refractivity contribution in [3.05, 3.63) is 24.3 Å². The number of unbranched alkanes of at least 4 members (excludes halogenated alkanes) is 4. The van der Waals surface area contributed by atoms with E-state index < -0.39 is 0 Å². The highest BCUT2D eigenvalue weighted by Gasteiger charge is 2.32. The van der Waals surface area contributed by atoms with Gasteiger partial charge in [0.1, 0.15) is 0 Å². The molecule has 408 valence electrons. The highest BCUT2D eigenvalue weighted by Crippen LogP contribution is 2.42. The van der Waals surface area contributed by atoms with Crippen LogP contribution in [0.4, 0.5) is 0 Å². The summed E-state index contributed by atoms with van der Waals surface area (Å²) in [5.74, 6) is 3.44. The number of hydrogen-bond donors (Lipinski definition) is 0. The monoisotopic (exact) mass is 945 g/mol. The Morgan fingerprint density at radius 3 is 1.01 bits per heavy atom. The summed E-state index contributed by atoms with van der Waals surface area (Å²) in [6.45, 7) is 74.4. The highest BCUT2D eigenvalue weighted by atomic mass is 14.4. The standard InChI is InChI=1S/2C15H32.C15H30.C14H28.C8H18/c1-13(2,3)11-9-10-12-15(7,8)14(4,5)6;2*1-13(12-15(5,6)7)10-8-9-11-14(2,3)4;1-12(14(5,6)7)10-8-9-11-13(2,3)4;1-4-5-6-7-8(2)3/h9-12H2,1-8H3;13H,8-12H2,1-7H3;9,11,13H,8,10,12H2,1-7H3;9,11-12H,8,10H2,1-7H3;8H,4-7H2,1-3H3/b;;2*11-9+;. The predicted molar refractivity (Wildman–Crippen MR) is 319 cm³/mol. The van der Waals surface area contributed by atoms with E-state index in [2.05, 4.69) is 246 Å². The van der Waals surface area contributed by atoms with Crippen LogP contribution in [0.25, 0.3) is 0 Å². The van der Waals surface area contributed by atoms with Crippen LogP contribution in [0.3, 0.4) is 0 Å². The molecule has 0 aliphatic rings. The molecule has 0 aromatic rings. The van der Waals surface area contributed by atoms with Crippen LogP contribution in [-0.4, -0.2) is 0 Å². The molecule has 0 rings (SSSR count). The fourth-order valence-corrected chi connectivity index (χ4v) is 7.88. The molecule has 0 N–H and O–H groups in total. The van der Waals surface area contributed by atoms with E-state index in [1.165, 1.54) is 116 Å². The van der Waals surface area contributed by atoms with Gasteiger partial charge in [0, 0.05) is 0 Å². The van der Waals surface area contributed by atoms with Crippen LogP contribution in [0.15, 0.2) is 24.3 Å². The van der Waals surface area contributed by atoms with Gasteiger partial charge in [-0.1, -0.05) is 304 Å². The molecule has 67 heavy (non-hydrogen) atoms. The smallest absolute Gasteiger partial charge is 0.0203 e. The maximum absolute atomic E-state index is 2.41. The lowest BCUT2D eigenvalue weighted by molar-refractivity contribution is 0.114. The maximum Gasteiger partial charge on any atom is -0.0203 e. The molecule has 3 atom stereocenters. The summed E-state index contributed by atoms with van der Waals surface area (Å²) >= 11 is 0. The van der Waals surface area contributed by atoms with Gasteiger partial charge < -0.3 is 0 Å². The molecule has 0 saturated heterocycles. The number of allylic oxidation sites excluding steroid dienone is 4. The van der Waals surface area contributed by atoms with Crippen molar-refractivity contribution in [2.24, 2.45) is 72.4 Å². The zero-order chi connectivity index (χ0) is 54.4. The Balaban J connectivity index is -0.000000242. The van der Waals surface area contributed by atoms with Crippen molar-refractivity contribution in [1.82, 2.24) is 0 Å². The van der Waals surface area contributed by atoms with Crippen molar-refractivity contribution in [3.63, 3.8) is 0 Å². The van der Waals surface area contributed by atoms with E-state index in [-0.39, 0.29) is 0 Å². The van der Waals surface area contributed by atoms with Crippen LogP contribution in [0.2, 0.25) is 0 Å². The molecule has 0 aromatic carbocycles. The zero-order valence-electron chi connectivity index (χ0n) is 53.8. The summed E-state index contributed by atoms with van der Waals surface area (Å²) in [5, 5.41) is 0. The molecule has 0 aliphatic carbocycles. The van der Waals surface area contributed by atoms with Gasteiger partial charge in [-0.15, -0.1) is 0 Å². The first kappa shape index (κ1) is 75.4. The molecule has 0 aliphatic heterocycles. The minimum Gasteiger partial charge on any atom is -0.0880 e. The Morgan fingerprint density at radius 1 is 0.358 bits per heavy atom. The van der Waals surface area contributed by atoms with Crippen molar-refractivity contribution in [2.75, 3.05) is 0 Å². The fraction of sp³-hybridized carbons (Fsp3) is 0.940. The lowest BCUT2D eigenvalue weighted by Crippen LogP contribution is -2.29.